The number of halogens is 2. The second-order valence-electron chi connectivity index (χ2n) is 8.30. The number of carbonyl (C=O) groups is 1. The number of aryl methyl sites for hydroxylation is 1. The number of carbonyl (C=O) groups excluding carboxylic acids is 1. The fourth-order valence-corrected chi connectivity index (χ4v) is 3.97. The number of hydrogen-bond donors (Lipinski definition) is 0. The number of amides is 1. The van der Waals surface area contributed by atoms with Crippen molar-refractivity contribution < 1.29 is 13.9 Å². The van der Waals surface area contributed by atoms with Gasteiger partial charge in [0, 0.05) is 30.8 Å². The van der Waals surface area contributed by atoms with Gasteiger partial charge in [0.05, 0.1) is 5.69 Å². The van der Waals surface area contributed by atoms with Crippen molar-refractivity contribution in [3.63, 3.8) is 0 Å². The molecule has 148 valence electrons. The zero-order valence-electron chi connectivity index (χ0n) is 16.7. The van der Waals surface area contributed by atoms with Gasteiger partial charge in [-0.25, -0.2) is 4.39 Å². The van der Waals surface area contributed by atoms with E-state index in [0.717, 1.165) is 22.9 Å². The van der Waals surface area contributed by atoms with E-state index in [0.29, 0.717) is 22.8 Å². The predicted molar refractivity (Wildman–Crippen MR) is 117 cm³/mol. The van der Waals surface area contributed by atoms with Gasteiger partial charge in [0.15, 0.2) is 0 Å². The van der Waals surface area contributed by atoms with Crippen LogP contribution < -0.4 is 4.90 Å². The molecule has 0 unspecified atom stereocenters. The normalized spacial score (nSPS) is 15.4. The molecule has 6 heteroatoms. The molecule has 0 aromatic heterocycles. The number of anilines is 1. The van der Waals surface area contributed by atoms with Gasteiger partial charge in [-0.1, -0.05) is 43.4 Å². The van der Waals surface area contributed by atoms with E-state index in [2.05, 4.69) is 19.6 Å². The molecule has 1 aliphatic heterocycles. The SMILES string of the molecule is Cc1ccc(F)cc1/C=C1/C(=O)N(COCC[Si](C)(C)C)c2cc(Cl)ccc21. The molecule has 1 amide bonds. The van der Waals surface area contributed by atoms with Gasteiger partial charge >= 0.3 is 0 Å². The number of benzene rings is 2. The van der Waals surface area contributed by atoms with E-state index in [4.69, 9.17) is 16.3 Å². The lowest BCUT2D eigenvalue weighted by molar-refractivity contribution is -0.114. The molecule has 0 fully saturated rings. The smallest absolute Gasteiger partial charge is 0.260 e. The van der Waals surface area contributed by atoms with Crippen molar-refractivity contribution in [3.8, 4) is 0 Å². The summed E-state index contributed by atoms with van der Waals surface area (Å²) in [6, 6.07) is 11.0. The van der Waals surface area contributed by atoms with Crippen LogP contribution in [0.3, 0.4) is 0 Å². The van der Waals surface area contributed by atoms with Crippen LogP contribution in [-0.4, -0.2) is 27.3 Å². The van der Waals surface area contributed by atoms with E-state index in [-0.39, 0.29) is 18.5 Å². The highest BCUT2D eigenvalue weighted by molar-refractivity contribution is 6.76. The van der Waals surface area contributed by atoms with E-state index >= 15 is 0 Å². The van der Waals surface area contributed by atoms with Gasteiger partial charge in [-0.3, -0.25) is 9.69 Å². The highest BCUT2D eigenvalue weighted by Gasteiger charge is 2.32. The van der Waals surface area contributed by atoms with Gasteiger partial charge in [-0.05, 0) is 54.4 Å². The molecule has 0 saturated carbocycles. The summed E-state index contributed by atoms with van der Waals surface area (Å²) >= 11 is 6.17. The zero-order valence-corrected chi connectivity index (χ0v) is 18.4. The lowest BCUT2D eigenvalue weighted by Gasteiger charge is -2.20. The molecule has 0 aliphatic carbocycles. The molecule has 28 heavy (non-hydrogen) atoms. The summed E-state index contributed by atoms with van der Waals surface area (Å²) in [5.74, 6) is -0.486. The molecule has 0 spiro atoms. The summed E-state index contributed by atoms with van der Waals surface area (Å²) in [5.41, 5.74) is 3.62. The summed E-state index contributed by atoms with van der Waals surface area (Å²) in [7, 11) is -1.20. The minimum atomic E-state index is -1.20. The summed E-state index contributed by atoms with van der Waals surface area (Å²) < 4.78 is 19.5. The third-order valence-corrected chi connectivity index (χ3v) is 6.71. The largest absolute Gasteiger partial charge is 0.361 e. The summed E-state index contributed by atoms with van der Waals surface area (Å²) in [6.07, 6.45) is 1.75. The van der Waals surface area contributed by atoms with Gasteiger partial charge in [-0.15, -0.1) is 0 Å². The first-order valence-corrected chi connectivity index (χ1v) is 13.4. The molecule has 0 N–H and O–H groups in total. The van der Waals surface area contributed by atoms with Crippen LogP contribution in [0.1, 0.15) is 16.7 Å². The van der Waals surface area contributed by atoms with Crippen molar-refractivity contribution >= 4 is 42.9 Å². The highest BCUT2D eigenvalue weighted by atomic mass is 35.5. The van der Waals surface area contributed by atoms with E-state index in [1.54, 1.807) is 29.2 Å². The average Bonchev–Trinajstić information content (AvgIpc) is 2.85. The molecule has 0 bridgehead atoms. The Labute approximate surface area is 171 Å². The lowest BCUT2D eigenvalue weighted by atomic mass is 10.0. The fourth-order valence-electron chi connectivity index (χ4n) is 3.05. The van der Waals surface area contributed by atoms with Crippen molar-refractivity contribution in [2.24, 2.45) is 0 Å². The molecule has 1 aliphatic rings. The van der Waals surface area contributed by atoms with Gasteiger partial charge in [0.2, 0.25) is 0 Å². The Morgan fingerprint density at radius 1 is 1.18 bits per heavy atom. The van der Waals surface area contributed by atoms with E-state index in [1.165, 1.54) is 12.1 Å². The second kappa shape index (κ2) is 8.19. The first kappa shape index (κ1) is 20.8. The van der Waals surface area contributed by atoms with Crippen molar-refractivity contribution in [2.45, 2.75) is 32.6 Å². The van der Waals surface area contributed by atoms with Crippen LogP contribution in [0.25, 0.3) is 11.6 Å². The third kappa shape index (κ3) is 4.72. The molecule has 0 radical (unpaired) electrons. The quantitative estimate of drug-likeness (QED) is 0.328. The topological polar surface area (TPSA) is 29.5 Å². The summed E-state index contributed by atoms with van der Waals surface area (Å²) in [6.45, 7) is 9.55. The first-order chi connectivity index (χ1) is 13.2. The number of rotatable bonds is 6. The zero-order chi connectivity index (χ0) is 20.5. The van der Waals surface area contributed by atoms with Crippen LogP contribution in [0.2, 0.25) is 30.7 Å². The molecule has 3 rings (SSSR count). The Balaban J connectivity index is 1.90. The van der Waals surface area contributed by atoms with Gasteiger partial charge in [-0.2, -0.15) is 0 Å². The van der Waals surface area contributed by atoms with E-state index < -0.39 is 8.07 Å². The third-order valence-electron chi connectivity index (χ3n) is 4.77. The first-order valence-electron chi connectivity index (χ1n) is 9.33. The minimum Gasteiger partial charge on any atom is -0.361 e. The van der Waals surface area contributed by atoms with Gasteiger partial charge < -0.3 is 4.74 Å². The number of nitrogens with zero attached hydrogens (tertiary/aromatic N) is 1. The van der Waals surface area contributed by atoms with Crippen molar-refractivity contribution in [2.75, 3.05) is 18.2 Å². The van der Waals surface area contributed by atoms with Crippen LogP contribution in [0.5, 0.6) is 0 Å². The maximum atomic E-state index is 13.7. The molecule has 2 aromatic carbocycles. The standard InChI is InChI=1S/C22H25ClFNO2Si/c1-15-5-7-18(24)11-16(15)12-20-19-8-6-17(23)13-21(19)25(22(20)26)14-27-9-10-28(2,3)4/h5-8,11-13H,9-10,14H2,1-4H3/b20-12+. The Morgan fingerprint density at radius 3 is 2.64 bits per heavy atom. The Hall–Kier alpha value is -1.95. The maximum absolute atomic E-state index is 13.7. The van der Waals surface area contributed by atoms with Crippen LogP contribution in [0.15, 0.2) is 36.4 Å². The predicted octanol–water partition coefficient (Wildman–Crippen LogP) is 5.99. The number of fused-ring (bicyclic) bond motifs is 1. The second-order valence-corrected chi connectivity index (χ2v) is 14.4. The van der Waals surface area contributed by atoms with Crippen LogP contribution in [0, 0.1) is 12.7 Å². The highest BCUT2D eigenvalue weighted by Crippen LogP contribution is 2.39. The molecule has 0 atom stereocenters. The van der Waals surface area contributed by atoms with Crippen LogP contribution >= 0.6 is 11.6 Å². The van der Waals surface area contributed by atoms with Crippen molar-refractivity contribution in [3.05, 3.63) is 63.9 Å². The molecule has 1 heterocycles. The Kier molecular flexibility index (Phi) is 6.08. The summed E-state index contributed by atoms with van der Waals surface area (Å²) in [4.78, 5) is 14.7. The fraction of sp³-hybridized carbons (Fsp3) is 0.318. The van der Waals surface area contributed by atoms with Crippen LogP contribution in [-0.2, 0) is 9.53 Å². The lowest BCUT2D eigenvalue weighted by Crippen LogP contribution is -2.30. The maximum Gasteiger partial charge on any atom is 0.260 e. The van der Waals surface area contributed by atoms with E-state index in [1.807, 2.05) is 13.0 Å². The average molecular weight is 418 g/mol. The van der Waals surface area contributed by atoms with E-state index in [9.17, 15) is 9.18 Å². The monoisotopic (exact) mass is 417 g/mol. The number of hydrogen-bond acceptors (Lipinski definition) is 2. The van der Waals surface area contributed by atoms with Gasteiger partial charge in [0.25, 0.3) is 5.91 Å². The molecule has 3 nitrogen and oxygen atoms in total. The molecular weight excluding hydrogens is 393 g/mol. The Morgan fingerprint density at radius 2 is 1.93 bits per heavy atom. The minimum absolute atomic E-state index is 0.158. The molecular formula is C22H25ClFNO2Si. The Bertz CT molecular complexity index is 937. The summed E-state index contributed by atoms with van der Waals surface area (Å²) in [5, 5.41) is 0.557. The molecule has 0 saturated heterocycles. The number of ether oxygens (including phenoxy) is 1. The van der Waals surface area contributed by atoms with Crippen LogP contribution in [0.4, 0.5) is 10.1 Å². The van der Waals surface area contributed by atoms with Gasteiger partial charge in [0.1, 0.15) is 12.5 Å². The molecule has 2 aromatic rings. The van der Waals surface area contributed by atoms with Crippen molar-refractivity contribution in [1.29, 1.82) is 0 Å². The van der Waals surface area contributed by atoms with Crippen molar-refractivity contribution in [1.82, 2.24) is 0 Å².